The molecule has 0 aromatic heterocycles. The zero-order valence-electron chi connectivity index (χ0n) is 14.9. The largest absolute Gasteiger partial charge is 0.490 e. The van der Waals surface area contributed by atoms with Crippen molar-refractivity contribution in [1.82, 2.24) is 4.90 Å². The Hall–Kier alpha value is -1.91. The summed E-state index contributed by atoms with van der Waals surface area (Å²) in [6.07, 6.45) is 3.84. The van der Waals surface area contributed by atoms with E-state index in [9.17, 15) is 4.79 Å². The van der Waals surface area contributed by atoms with Gasteiger partial charge in [0.25, 0.3) is 0 Å². The van der Waals surface area contributed by atoms with Crippen LogP contribution in [-0.4, -0.2) is 42.3 Å². The molecule has 2 aliphatic rings. The van der Waals surface area contributed by atoms with Gasteiger partial charge in [0.15, 0.2) is 0 Å². The normalized spacial score (nSPS) is 18.5. The van der Waals surface area contributed by atoms with Crippen LogP contribution in [-0.2, 0) is 11.2 Å². The van der Waals surface area contributed by atoms with Gasteiger partial charge in [0.1, 0.15) is 17.5 Å². The van der Waals surface area contributed by atoms with Gasteiger partial charge in [-0.2, -0.15) is 0 Å². The van der Waals surface area contributed by atoms with Crippen LogP contribution in [0.5, 0.6) is 5.75 Å². The molecule has 0 atom stereocenters. The van der Waals surface area contributed by atoms with Gasteiger partial charge < -0.3 is 19.7 Å². The number of rotatable bonds is 2. The van der Waals surface area contributed by atoms with Crippen molar-refractivity contribution in [3.05, 3.63) is 23.8 Å². The summed E-state index contributed by atoms with van der Waals surface area (Å²) >= 11 is 0. The first-order valence-electron chi connectivity index (χ1n) is 8.93. The zero-order chi connectivity index (χ0) is 17.2. The quantitative estimate of drug-likeness (QED) is 0.894. The molecule has 1 fully saturated rings. The Morgan fingerprint density at radius 2 is 2.00 bits per heavy atom. The molecule has 0 bridgehead atoms. The van der Waals surface area contributed by atoms with E-state index in [0.29, 0.717) is 13.1 Å². The van der Waals surface area contributed by atoms with Crippen LogP contribution in [0.15, 0.2) is 18.2 Å². The van der Waals surface area contributed by atoms with Crippen molar-refractivity contribution >= 4 is 11.8 Å². The number of amides is 1. The summed E-state index contributed by atoms with van der Waals surface area (Å²) in [7, 11) is 0. The first-order valence-corrected chi connectivity index (χ1v) is 8.93. The highest BCUT2D eigenvalue weighted by molar-refractivity contribution is 5.68. The molecule has 5 heteroatoms. The standard InChI is InChI=1S/C19H28N2O3/c1-19(2,3)24-18(22)21-12-9-14(10-13-21)23-17-8-4-7-16-15(17)6-5-11-20-16/h4,7-8,14,20H,5-6,9-13H2,1-3H3. The summed E-state index contributed by atoms with van der Waals surface area (Å²) in [5.74, 6) is 0.996. The van der Waals surface area contributed by atoms with Crippen LogP contribution in [0.3, 0.4) is 0 Å². The number of hydrogen-bond acceptors (Lipinski definition) is 4. The van der Waals surface area contributed by atoms with Crippen molar-refractivity contribution in [2.75, 3.05) is 25.0 Å². The number of carbonyl (C=O) groups is 1. The third kappa shape index (κ3) is 4.13. The summed E-state index contributed by atoms with van der Waals surface area (Å²) in [5, 5.41) is 3.43. The summed E-state index contributed by atoms with van der Waals surface area (Å²) in [6.45, 7) is 8.10. The minimum atomic E-state index is -0.444. The molecule has 1 aromatic carbocycles. The van der Waals surface area contributed by atoms with E-state index in [1.807, 2.05) is 26.8 Å². The first-order chi connectivity index (χ1) is 11.4. The Kier molecular flexibility index (Phi) is 4.88. The van der Waals surface area contributed by atoms with Crippen LogP contribution in [0.25, 0.3) is 0 Å². The molecule has 5 nitrogen and oxygen atoms in total. The van der Waals surface area contributed by atoms with Gasteiger partial charge >= 0.3 is 6.09 Å². The third-order valence-corrected chi connectivity index (χ3v) is 4.44. The minimum absolute atomic E-state index is 0.164. The lowest BCUT2D eigenvalue weighted by Crippen LogP contribution is -2.44. The predicted molar refractivity (Wildman–Crippen MR) is 94.7 cm³/mol. The fourth-order valence-corrected chi connectivity index (χ4v) is 3.25. The lowest BCUT2D eigenvalue weighted by molar-refractivity contribution is 0.0126. The Bertz CT molecular complexity index is 587. The summed E-state index contributed by atoms with van der Waals surface area (Å²) in [4.78, 5) is 13.9. The molecular formula is C19H28N2O3. The van der Waals surface area contributed by atoms with Crippen molar-refractivity contribution in [1.29, 1.82) is 0 Å². The molecule has 1 N–H and O–H groups in total. The number of piperidine rings is 1. The maximum absolute atomic E-state index is 12.1. The van der Waals surface area contributed by atoms with Gasteiger partial charge in [-0.05, 0) is 45.7 Å². The van der Waals surface area contributed by atoms with Crippen LogP contribution in [0.4, 0.5) is 10.5 Å². The number of fused-ring (bicyclic) bond motifs is 1. The lowest BCUT2D eigenvalue weighted by Gasteiger charge is -2.34. The number of anilines is 1. The van der Waals surface area contributed by atoms with E-state index in [1.165, 1.54) is 11.3 Å². The fourth-order valence-electron chi connectivity index (χ4n) is 3.25. The van der Waals surface area contributed by atoms with Gasteiger partial charge in [0, 0.05) is 43.7 Å². The molecule has 24 heavy (non-hydrogen) atoms. The topological polar surface area (TPSA) is 50.8 Å². The van der Waals surface area contributed by atoms with E-state index in [4.69, 9.17) is 9.47 Å². The molecule has 3 rings (SSSR count). The van der Waals surface area contributed by atoms with Crippen molar-refractivity contribution in [3.63, 3.8) is 0 Å². The van der Waals surface area contributed by atoms with E-state index in [0.717, 1.165) is 38.0 Å². The number of nitrogens with one attached hydrogen (secondary N) is 1. The van der Waals surface area contributed by atoms with Gasteiger partial charge in [0.05, 0.1) is 0 Å². The average molecular weight is 332 g/mol. The monoisotopic (exact) mass is 332 g/mol. The highest BCUT2D eigenvalue weighted by atomic mass is 16.6. The molecule has 0 radical (unpaired) electrons. The molecule has 1 aromatic rings. The molecule has 0 saturated carbocycles. The van der Waals surface area contributed by atoms with Gasteiger partial charge in [-0.15, -0.1) is 0 Å². The maximum atomic E-state index is 12.1. The van der Waals surface area contributed by atoms with Crippen LogP contribution in [0.1, 0.15) is 45.6 Å². The Balaban J connectivity index is 1.56. The average Bonchev–Trinajstić information content (AvgIpc) is 2.54. The van der Waals surface area contributed by atoms with Gasteiger partial charge in [-0.3, -0.25) is 0 Å². The van der Waals surface area contributed by atoms with E-state index >= 15 is 0 Å². The Morgan fingerprint density at radius 3 is 2.71 bits per heavy atom. The van der Waals surface area contributed by atoms with Crippen molar-refractivity contribution in [3.8, 4) is 5.75 Å². The molecule has 2 heterocycles. The summed E-state index contributed by atoms with van der Waals surface area (Å²) < 4.78 is 11.7. The van der Waals surface area contributed by atoms with Crippen molar-refractivity contribution < 1.29 is 14.3 Å². The van der Waals surface area contributed by atoms with Crippen molar-refractivity contribution in [2.45, 2.75) is 58.2 Å². The second kappa shape index (κ2) is 6.91. The maximum Gasteiger partial charge on any atom is 0.410 e. The Labute approximate surface area is 144 Å². The number of nitrogens with zero attached hydrogens (tertiary/aromatic N) is 1. The van der Waals surface area contributed by atoms with E-state index in [1.54, 1.807) is 4.90 Å². The smallest absolute Gasteiger partial charge is 0.410 e. The Morgan fingerprint density at radius 1 is 1.25 bits per heavy atom. The van der Waals surface area contributed by atoms with Gasteiger partial charge in [0.2, 0.25) is 0 Å². The van der Waals surface area contributed by atoms with Gasteiger partial charge in [-0.25, -0.2) is 4.79 Å². The number of carbonyl (C=O) groups excluding carboxylic acids is 1. The molecule has 1 saturated heterocycles. The van der Waals surface area contributed by atoms with Crippen LogP contribution < -0.4 is 10.1 Å². The molecule has 0 spiro atoms. The summed E-state index contributed by atoms with van der Waals surface area (Å²) in [5.41, 5.74) is 2.05. The molecule has 1 amide bonds. The molecule has 2 aliphatic heterocycles. The van der Waals surface area contributed by atoms with Crippen LogP contribution >= 0.6 is 0 Å². The highest BCUT2D eigenvalue weighted by Crippen LogP contribution is 2.32. The van der Waals surface area contributed by atoms with Crippen molar-refractivity contribution in [2.24, 2.45) is 0 Å². The fraction of sp³-hybridized carbons (Fsp3) is 0.632. The zero-order valence-corrected chi connectivity index (χ0v) is 14.9. The predicted octanol–water partition coefficient (Wildman–Crippen LogP) is 3.82. The number of likely N-dealkylation sites (tertiary alicyclic amines) is 1. The van der Waals surface area contributed by atoms with Crippen LogP contribution in [0, 0.1) is 0 Å². The molecule has 0 unspecified atom stereocenters. The minimum Gasteiger partial charge on any atom is -0.490 e. The first kappa shape index (κ1) is 16.9. The molecule has 132 valence electrons. The third-order valence-electron chi connectivity index (χ3n) is 4.44. The lowest BCUT2D eigenvalue weighted by atomic mass is 10.0. The van der Waals surface area contributed by atoms with E-state index < -0.39 is 5.60 Å². The van der Waals surface area contributed by atoms with Gasteiger partial charge in [-0.1, -0.05) is 6.07 Å². The number of ether oxygens (including phenoxy) is 2. The molecular weight excluding hydrogens is 304 g/mol. The second-order valence-corrected chi connectivity index (χ2v) is 7.60. The van der Waals surface area contributed by atoms with E-state index in [-0.39, 0.29) is 12.2 Å². The SMILES string of the molecule is CC(C)(C)OC(=O)N1CCC(Oc2cccc3c2CCCN3)CC1. The second-order valence-electron chi connectivity index (χ2n) is 7.60. The van der Waals surface area contributed by atoms with Crippen LogP contribution in [0.2, 0.25) is 0 Å². The van der Waals surface area contributed by atoms with E-state index in [2.05, 4.69) is 17.4 Å². The summed E-state index contributed by atoms with van der Waals surface area (Å²) in [6, 6.07) is 6.22. The molecule has 0 aliphatic carbocycles. The number of hydrogen-bond donors (Lipinski definition) is 1. The number of benzene rings is 1. The highest BCUT2D eigenvalue weighted by Gasteiger charge is 2.28.